The van der Waals surface area contributed by atoms with Crippen LogP contribution in [0.25, 0.3) is 0 Å². The smallest absolute Gasteiger partial charge is 0.0137 e. The standard InChI is InChI=1S/C13H27N/c1-4-7-8-9-10-11-12-14-13(5-2)6-3/h10-11,13-14H,4-9,12H2,1-3H3. The number of hydrogen-bond acceptors (Lipinski definition) is 1. The van der Waals surface area contributed by atoms with Crippen molar-refractivity contribution in [3.05, 3.63) is 12.2 Å². The maximum absolute atomic E-state index is 3.52. The molecule has 0 saturated heterocycles. The highest BCUT2D eigenvalue weighted by Gasteiger charge is 1.98. The molecular formula is C13H27N. The first kappa shape index (κ1) is 13.7. The molecule has 0 spiro atoms. The molecule has 84 valence electrons. The van der Waals surface area contributed by atoms with Crippen molar-refractivity contribution in [2.75, 3.05) is 6.54 Å². The van der Waals surface area contributed by atoms with Crippen molar-refractivity contribution in [2.45, 2.75) is 65.3 Å². The lowest BCUT2D eigenvalue weighted by atomic mass is 10.1. The largest absolute Gasteiger partial charge is 0.311 e. The van der Waals surface area contributed by atoms with E-state index in [0.29, 0.717) is 6.04 Å². The molecule has 0 aliphatic carbocycles. The Morgan fingerprint density at radius 1 is 1.00 bits per heavy atom. The Kier molecular flexibility index (Phi) is 10.5. The van der Waals surface area contributed by atoms with Crippen LogP contribution in [0.4, 0.5) is 0 Å². The number of allylic oxidation sites excluding steroid dienone is 1. The zero-order chi connectivity index (χ0) is 10.6. The van der Waals surface area contributed by atoms with Gasteiger partial charge in [-0.3, -0.25) is 0 Å². The fraction of sp³-hybridized carbons (Fsp3) is 0.846. The van der Waals surface area contributed by atoms with Crippen LogP contribution in [0, 0.1) is 0 Å². The number of nitrogens with one attached hydrogen (secondary N) is 1. The molecule has 1 N–H and O–H groups in total. The van der Waals surface area contributed by atoms with E-state index >= 15 is 0 Å². The molecule has 1 heteroatoms. The van der Waals surface area contributed by atoms with E-state index in [4.69, 9.17) is 0 Å². The third-order valence-electron chi connectivity index (χ3n) is 2.65. The summed E-state index contributed by atoms with van der Waals surface area (Å²) in [4.78, 5) is 0. The fourth-order valence-electron chi connectivity index (χ4n) is 1.53. The van der Waals surface area contributed by atoms with E-state index in [9.17, 15) is 0 Å². The summed E-state index contributed by atoms with van der Waals surface area (Å²) in [5.74, 6) is 0. The van der Waals surface area contributed by atoms with Crippen molar-refractivity contribution in [1.29, 1.82) is 0 Å². The van der Waals surface area contributed by atoms with Crippen LogP contribution in [0.1, 0.15) is 59.3 Å². The predicted octanol–water partition coefficient (Wildman–Crippen LogP) is 3.90. The lowest BCUT2D eigenvalue weighted by Gasteiger charge is -2.12. The van der Waals surface area contributed by atoms with Crippen molar-refractivity contribution in [2.24, 2.45) is 0 Å². The third kappa shape index (κ3) is 8.31. The Hall–Kier alpha value is -0.300. The van der Waals surface area contributed by atoms with Gasteiger partial charge < -0.3 is 5.32 Å². The molecule has 1 nitrogen and oxygen atoms in total. The van der Waals surface area contributed by atoms with Crippen molar-refractivity contribution in [3.8, 4) is 0 Å². The average Bonchev–Trinajstić information content (AvgIpc) is 2.22. The predicted molar refractivity (Wildman–Crippen MR) is 65.7 cm³/mol. The molecule has 0 aromatic carbocycles. The summed E-state index contributed by atoms with van der Waals surface area (Å²) in [6, 6.07) is 0.704. The SMILES string of the molecule is CCCCCC=CCNC(CC)CC. The first-order valence-corrected chi connectivity index (χ1v) is 6.23. The van der Waals surface area contributed by atoms with Gasteiger partial charge in [0.15, 0.2) is 0 Å². The Balaban J connectivity index is 3.25. The molecule has 0 aromatic rings. The summed E-state index contributed by atoms with van der Waals surface area (Å²) in [6.07, 6.45) is 12.3. The summed E-state index contributed by atoms with van der Waals surface area (Å²) in [5, 5.41) is 3.52. The second-order valence-electron chi connectivity index (χ2n) is 3.89. The van der Waals surface area contributed by atoms with Crippen LogP contribution in [0.15, 0.2) is 12.2 Å². The molecule has 0 unspecified atom stereocenters. The van der Waals surface area contributed by atoms with Gasteiger partial charge in [0.2, 0.25) is 0 Å². The number of unbranched alkanes of at least 4 members (excludes halogenated alkanes) is 3. The third-order valence-corrected chi connectivity index (χ3v) is 2.65. The lowest BCUT2D eigenvalue weighted by molar-refractivity contribution is 0.510. The molecule has 0 fully saturated rings. The molecule has 0 aliphatic heterocycles. The first-order valence-electron chi connectivity index (χ1n) is 6.23. The van der Waals surface area contributed by atoms with Gasteiger partial charge in [0.1, 0.15) is 0 Å². The molecule has 0 aromatic heterocycles. The van der Waals surface area contributed by atoms with E-state index in [-0.39, 0.29) is 0 Å². The lowest BCUT2D eigenvalue weighted by Crippen LogP contribution is -2.27. The summed E-state index contributed by atoms with van der Waals surface area (Å²) < 4.78 is 0. The van der Waals surface area contributed by atoms with Gasteiger partial charge >= 0.3 is 0 Å². The minimum absolute atomic E-state index is 0.704. The van der Waals surface area contributed by atoms with Gasteiger partial charge in [-0.05, 0) is 25.7 Å². The highest BCUT2D eigenvalue weighted by Crippen LogP contribution is 1.99. The van der Waals surface area contributed by atoms with Gasteiger partial charge in [-0.15, -0.1) is 0 Å². The Bertz CT molecular complexity index is 125. The summed E-state index contributed by atoms with van der Waals surface area (Å²) in [6.45, 7) is 7.77. The second kappa shape index (κ2) is 10.8. The van der Waals surface area contributed by atoms with Crippen LogP contribution >= 0.6 is 0 Å². The van der Waals surface area contributed by atoms with Gasteiger partial charge in [0, 0.05) is 12.6 Å². The van der Waals surface area contributed by atoms with Crippen LogP contribution in [0.5, 0.6) is 0 Å². The quantitative estimate of drug-likeness (QED) is 0.436. The monoisotopic (exact) mass is 197 g/mol. The van der Waals surface area contributed by atoms with Crippen molar-refractivity contribution in [1.82, 2.24) is 5.32 Å². The molecular weight excluding hydrogens is 170 g/mol. The molecule has 0 bridgehead atoms. The first-order chi connectivity index (χ1) is 6.85. The Morgan fingerprint density at radius 2 is 1.71 bits per heavy atom. The van der Waals surface area contributed by atoms with Crippen LogP contribution in [0.2, 0.25) is 0 Å². The van der Waals surface area contributed by atoms with Crippen LogP contribution < -0.4 is 5.32 Å². The molecule has 0 atom stereocenters. The van der Waals surface area contributed by atoms with Crippen molar-refractivity contribution >= 4 is 0 Å². The maximum Gasteiger partial charge on any atom is 0.0137 e. The minimum Gasteiger partial charge on any atom is -0.311 e. The van der Waals surface area contributed by atoms with Gasteiger partial charge in [-0.25, -0.2) is 0 Å². The molecule has 0 amide bonds. The number of hydrogen-bond donors (Lipinski definition) is 1. The van der Waals surface area contributed by atoms with E-state index in [1.54, 1.807) is 0 Å². The topological polar surface area (TPSA) is 12.0 Å². The molecule has 0 aliphatic rings. The Morgan fingerprint density at radius 3 is 2.29 bits per heavy atom. The number of rotatable bonds is 9. The summed E-state index contributed by atoms with van der Waals surface area (Å²) >= 11 is 0. The van der Waals surface area contributed by atoms with Crippen LogP contribution in [-0.4, -0.2) is 12.6 Å². The zero-order valence-corrected chi connectivity index (χ0v) is 10.2. The maximum atomic E-state index is 3.52. The molecule has 14 heavy (non-hydrogen) atoms. The highest BCUT2D eigenvalue weighted by molar-refractivity contribution is 4.84. The summed E-state index contributed by atoms with van der Waals surface area (Å²) in [7, 11) is 0. The molecule has 0 rings (SSSR count). The van der Waals surface area contributed by atoms with Gasteiger partial charge in [-0.2, -0.15) is 0 Å². The molecule has 0 saturated carbocycles. The molecule has 0 heterocycles. The van der Waals surface area contributed by atoms with E-state index < -0.39 is 0 Å². The van der Waals surface area contributed by atoms with Crippen LogP contribution in [0.3, 0.4) is 0 Å². The summed E-state index contributed by atoms with van der Waals surface area (Å²) in [5.41, 5.74) is 0. The minimum atomic E-state index is 0.704. The van der Waals surface area contributed by atoms with E-state index in [0.717, 1.165) is 6.54 Å². The van der Waals surface area contributed by atoms with Crippen molar-refractivity contribution < 1.29 is 0 Å². The molecule has 0 radical (unpaired) electrons. The average molecular weight is 197 g/mol. The van der Waals surface area contributed by atoms with E-state index in [2.05, 4.69) is 38.2 Å². The van der Waals surface area contributed by atoms with Gasteiger partial charge in [-0.1, -0.05) is 45.8 Å². The second-order valence-corrected chi connectivity index (χ2v) is 3.89. The fourth-order valence-corrected chi connectivity index (χ4v) is 1.53. The highest BCUT2D eigenvalue weighted by atomic mass is 14.9. The van der Waals surface area contributed by atoms with Crippen molar-refractivity contribution in [3.63, 3.8) is 0 Å². The van der Waals surface area contributed by atoms with E-state index in [1.807, 2.05) is 0 Å². The normalized spacial score (nSPS) is 11.7. The van der Waals surface area contributed by atoms with E-state index in [1.165, 1.54) is 38.5 Å². The van der Waals surface area contributed by atoms with Gasteiger partial charge in [0.05, 0.1) is 0 Å². The zero-order valence-electron chi connectivity index (χ0n) is 10.2. The van der Waals surface area contributed by atoms with Crippen LogP contribution in [-0.2, 0) is 0 Å². The Labute approximate surface area is 90.0 Å². The van der Waals surface area contributed by atoms with Gasteiger partial charge in [0.25, 0.3) is 0 Å².